The quantitative estimate of drug-likeness (QED) is 0.664. The first-order valence-corrected chi connectivity index (χ1v) is 9.79. The highest BCUT2D eigenvalue weighted by Crippen LogP contribution is 2.32. The van der Waals surface area contributed by atoms with E-state index >= 15 is 0 Å². The van der Waals surface area contributed by atoms with E-state index in [0.29, 0.717) is 22.9 Å². The van der Waals surface area contributed by atoms with E-state index in [-0.39, 0.29) is 11.9 Å². The van der Waals surface area contributed by atoms with Gasteiger partial charge in [0.05, 0.1) is 26.0 Å². The van der Waals surface area contributed by atoms with Crippen LogP contribution in [0.25, 0.3) is 11.3 Å². The third-order valence-corrected chi connectivity index (χ3v) is 5.48. The van der Waals surface area contributed by atoms with E-state index in [1.165, 1.54) is 17.5 Å². The second-order valence-corrected chi connectivity index (χ2v) is 7.31. The molecule has 0 saturated carbocycles. The molecule has 0 bridgehead atoms. The molecule has 0 radical (unpaired) electrons. The molecule has 0 aliphatic heterocycles. The van der Waals surface area contributed by atoms with Gasteiger partial charge in [-0.3, -0.25) is 9.89 Å². The standard InChI is InChI=1S/C23H25N3O3/c1-14(16-8-7-15-5-4-6-17(15)11-16)24-23(27)21-13-20(25-26-21)19-12-18(28-2)9-10-22(19)29-3/h7-14H,4-6H2,1-3H3,(H,24,27)(H,25,26). The van der Waals surface area contributed by atoms with Crippen LogP contribution in [0.3, 0.4) is 0 Å². The second-order valence-electron chi connectivity index (χ2n) is 7.31. The van der Waals surface area contributed by atoms with Gasteiger partial charge in [-0.15, -0.1) is 0 Å². The zero-order valence-electron chi connectivity index (χ0n) is 16.9. The summed E-state index contributed by atoms with van der Waals surface area (Å²) in [5.74, 6) is 1.16. The topological polar surface area (TPSA) is 76.2 Å². The van der Waals surface area contributed by atoms with E-state index in [4.69, 9.17) is 9.47 Å². The number of aryl methyl sites for hydroxylation is 2. The highest BCUT2D eigenvalue weighted by molar-refractivity contribution is 5.93. The van der Waals surface area contributed by atoms with Gasteiger partial charge in [-0.1, -0.05) is 18.2 Å². The number of aromatic amines is 1. The number of hydrogen-bond acceptors (Lipinski definition) is 4. The van der Waals surface area contributed by atoms with Crippen molar-refractivity contribution in [2.45, 2.75) is 32.2 Å². The minimum atomic E-state index is -0.196. The van der Waals surface area contributed by atoms with E-state index < -0.39 is 0 Å². The lowest BCUT2D eigenvalue weighted by molar-refractivity contribution is 0.0935. The Morgan fingerprint density at radius 2 is 1.90 bits per heavy atom. The molecular weight excluding hydrogens is 366 g/mol. The number of rotatable bonds is 6. The average molecular weight is 391 g/mol. The van der Waals surface area contributed by atoms with Gasteiger partial charge in [-0.25, -0.2) is 0 Å². The first-order valence-electron chi connectivity index (χ1n) is 9.79. The lowest BCUT2D eigenvalue weighted by atomic mass is 10.0. The fourth-order valence-electron chi connectivity index (χ4n) is 3.81. The molecule has 1 heterocycles. The lowest BCUT2D eigenvalue weighted by Crippen LogP contribution is -2.27. The molecule has 1 aromatic heterocycles. The molecule has 29 heavy (non-hydrogen) atoms. The van der Waals surface area contributed by atoms with Crippen LogP contribution < -0.4 is 14.8 Å². The van der Waals surface area contributed by atoms with Gasteiger partial charge in [0.2, 0.25) is 0 Å². The van der Waals surface area contributed by atoms with Crippen LogP contribution in [0, 0.1) is 0 Å². The summed E-state index contributed by atoms with van der Waals surface area (Å²) in [6.45, 7) is 2.00. The maximum Gasteiger partial charge on any atom is 0.269 e. The summed E-state index contributed by atoms with van der Waals surface area (Å²) in [5, 5.41) is 10.2. The van der Waals surface area contributed by atoms with Gasteiger partial charge in [-0.05, 0) is 67.1 Å². The van der Waals surface area contributed by atoms with Crippen LogP contribution in [-0.4, -0.2) is 30.3 Å². The monoisotopic (exact) mass is 391 g/mol. The van der Waals surface area contributed by atoms with Crippen LogP contribution in [0.2, 0.25) is 0 Å². The molecule has 6 heteroatoms. The van der Waals surface area contributed by atoms with Gasteiger partial charge in [0.15, 0.2) is 0 Å². The lowest BCUT2D eigenvalue weighted by Gasteiger charge is -2.15. The SMILES string of the molecule is COc1ccc(OC)c(-c2cc(C(=O)NC(C)c3ccc4c(c3)CCC4)[nH]n2)c1. The summed E-state index contributed by atoms with van der Waals surface area (Å²) in [6.07, 6.45) is 3.49. The Morgan fingerprint density at radius 1 is 1.07 bits per heavy atom. The molecule has 2 N–H and O–H groups in total. The second kappa shape index (κ2) is 7.99. The van der Waals surface area contributed by atoms with Crippen molar-refractivity contribution in [3.8, 4) is 22.8 Å². The molecule has 0 fully saturated rings. The van der Waals surface area contributed by atoms with Crippen molar-refractivity contribution >= 4 is 5.91 Å². The number of carbonyl (C=O) groups excluding carboxylic acids is 1. The predicted molar refractivity (Wildman–Crippen MR) is 111 cm³/mol. The van der Waals surface area contributed by atoms with Crippen molar-refractivity contribution in [2.75, 3.05) is 14.2 Å². The highest BCUT2D eigenvalue weighted by Gasteiger charge is 2.18. The minimum absolute atomic E-state index is 0.0912. The van der Waals surface area contributed by atoms with Gasteiger partial charge in [0.25, 0.3) is 5.91 Å². The molecule has 1 atom stereocenters. The first-order chi connectivity index (χ1) is 14.1. The molecule has 6 nitrogen and oxygen atoms in total. The molecular formula is C23H25N3O3. The Balaban J connectivity index is 1.51. The molecule has 150 valence electrons. The van der Waals surface area contributed by atoms with Crippen molar-refractivity contribution in [3.63, 3.8) is 0 Å². The Kier molecular flexibility index (Phi) is 5.25. The molecule has 1 unspecified atom stereocenters. The fraction of sp³-hybridized carbons (Fsp3) is 0.304. The van der Waals surface area contributed by atoms with Gasteiger partial charge in [0.1, 0.15) is 17.2 Å². The van der Waals surface area contributed by atoms with Crippen molar-refractivity contribution < 1.29 is 14.3 Å². The smallest absolute Gasteiger partial charge is 0.269 e. The number of nitrogens with zero attached hydrogens (tertiary/aromatic N) is 1. The first kappa shape index (κ1) is 19.1. The Bertz CT molecular complexity index is 1040. The van der Waals surface area contributed by atoms with Gasteiger partial charge in [0, 0.05) is 5.56 Å². The van der Waals surface area contributed by atoms with E-state index in [1.54, 1.807) is 20.3 Å². The fourth-order valence-corrected chi connectivity index (χ4v) is 3.81. The van der Waals surface area contributed by atoms with Crippen LogP contribution in [0.15, 0.2) is 42.5 Å². The van der Waals surface area contributed by atoms with E-state index in [0.717, 1.165) is 24.0 Å². The molecule has 1 aliphatic rings. The molecule has 3 aromatic rings. The van der Waals surface area contributed by atoms with Crippen LogP contribution in [0.1, 0.15) is 46.6 Å². The zero-order chi connectivity index (χ0) is 20.4. The maximum atomic E-state index is 12.7. The maximum absolute atomic E-state index is 12.7. The van der Waals surface area contributed by atoms with Crippen LogP contribution in [0.5, 0.6) is 11.5 Å². The average Bonchev–Trinajstić information content (AvgIpc) is 3.42. The van der Waals surface area contributed by atoms with Crippen molar-refractivity contribution in [1.82, 2.24) is 15.5 Å². The summed E-state index contributed by atoms with van der Waals surface area (Å²) in [5.41, 5.74) is 5.73. The molecule has 0 spiro atoms. The minimum Gasteiger partial charge on any atom is -0.497 e. The van der Waals surface area contributed by atoms with Gasteiger partial charge >= 0.3 is 0 Å². The molecule has 1 amide bonds. The van der Waals surface area contributed by atoms with Crippen LogP contribution in [0.4, 0.5) is 0 Å². The van der Waals surface area contributed by atoms with E-state index in [1.807, 2.05) is 25.1 Å². The summed E-state index contributed by atoms with van der Waals surface area (Å²) in [4.78, 5) is 12.7. The number of H-pyrrole nitrogens is 1. The van der Waals surface area contributed by atoms with E-state index in [9.17, 15) is 4.79 Å². The largest absolute Gasteiger partial charge is 0.497 e. The molecule has 4 rings (SSSR count). The summed E-state index contributed by atoms with van der Waals surface area (Å²) in [6, 6.07) is 13.6. The summed E-state index contributed by atoms with van der Waals surface area (Å²) in [7, 11) is 3.21. The predicted octanol–water partition coefficient (Wildman–Crippen LogP) is 4.07. The normalized spacial score (nSPS) is 13.6. The molecule has 0 saturated heterocycles. The zero-order valence-corrected chi connectivity index (χ0v) is 16.9. The number of ether oxygens (including phenoxy) is 2. The number of amides is 1. The molecule has 1 aliphatic carbocycles. The summed E-state index contributed by atoms with van der Waals surface area (Å²) < 4.78 is 10.7. The third kappa shape index (κ3) is 3.83. The Hall–Kier alpha value is -3.28. The number of methoxy groups -OCH3 is 2. The third-order valence-electron chi connectivity index (χ3n) is 5.48. The number of fused-ring (bicyclic) bond motifs is 1. The van der Waals surface area contributed by atoms with Crippen molar-refractivity contribution in [1.29, 1.82) is 0 Å². The van der Waals surface area contributed by atoms with Gasteiger partial charge < -0.3 is 14.8 Å². The van der Waals surface area contributed by atoms with Crippen molar-refractivity contribution in [2.24, 2.45) is 0 Å². The Labute approximate surface area is 170 Å². The highest BCUT2D eigenvalue weighted by atomic mass is 16.5. The Morgan fingerprint density at radius 3 is 2.69 bits per heavy atom. The van der Waals surface area contributed by atoms with Crippen LogP contribution in [-0.2, 0) is 12.8 Å². The number of carbonyl (C=O) groups is 1. The van der Waals surface area contributed by atoms with Crippen molar-refractivity contribution in [3.05, 3.63) is 64.8 Å². The number of hydrogen-bond donors (Lipinski definition) is 2. The number of benzene rings is 2. The van der Waals surface area contributed by atoms with Crippen LogP contribution >= 0.6 is 0 Å². The number of aromatic nitrogens is 2. The number of nitrogens with one attached hydrogen (secondary N) is 2. The van der Waals surface area contributed by atoms with E-state index in [2.05, 4.69) is 33.7 Å². The van der Waals surface area contributed by atoms with Gasteiger partial charge in [-0.2, -0.15) is 5.10 Å². The molecule has 2 aromatic carbocycles. The summed E-state index contributed by atoms with van der Waals surface area (Å²) >= 11 is 0.